The van der Waals surface area contributed by atoms with Gasteiger partial charge in [0.1, 0.15) is 5.82 Å². The van der Waals surface area contributed by atoms with Crippen molar-refractivity contribution in [2.24, 2.45) is 0 Å². The van der Waals surface area contributed by atoms with Crippen molar-refractivity contribution >= 4 is 5.91 Å². The van der Waals surface area contributed by atoms with Gasteiger partial charge in [-0.25, -0.2) is 9.97 Å². The molecule has 2 rings (SSSR count). The Kier molecular flexibility index (Phi) is 6.67. The third kappa shape index (κ3) is 6.46. The lowest BCUT2D eigenvalue weighted by molar-refractivity contribution is -0.116. The van der Waals surface area contributed by atoms with Crippen LogP contribution in [0.1, 0.15) is 31.7 Å². The van der Waals surface area contributed by atoms with E-state index >= 15 is 0 Å². The molecule has 1 aromatic rings. The topological polar surface area (TPSA) is 67.4 Å². The van der Waals surface area contributed by atoms with E-state index in [1.165, 1.54) is 0 Å². The first-order chi connectivity index (χ1) is 11.0. The highest BCUT2D eigenvalue weighted by molar-refractivity contribution is 5.87. The summed E-state index contributed by atoms with van der Waals surface area (Å²) in [4.78, 5) is 22.4. The Morgan fingerprint density at radius 1 is 1.43 bits per heavy atom. The number of ether oxygens (including phenoxy) is 1. The average Bonchev–Trinajstić information content (AvgIpc) is 2.49. The number of nitrogens with zero attached hydrogens (tertiary/aromatic N) is 3. The van der Waals surface area contributed by atoms with Crippen molar-refractivity contribution < 1.29 is 9.53 Å². The van der Waals surface area contributed by atoms with Gasteiger partial charge in [0.05, 0.1) is 12.7 Å². The highest BCUT2D eigenvalue weighted by Gasteiger charge is 2.20. The van der Waals surface area contributed by atoms with Crippen molar-refractivity contribution in [1.29, 1.82) is 0 Å². The van der Waals surface area contributed by atoms with Crippen molar-refractivity contribution in [2.45, 2.75) is 39.8 Å². The fourth-order valence-corrected chi connectivity index (χ4v) is 2.53. The molecule has 23 heavy (non-hydrogen) atoms. The lowest BCUT2D eigenvalue weighted by Gasteiger charge is -2.32. The predicted molar refractivity (Wildman–Crippen MR) is 88.8 cm³/mol. The molecule has 0 radical (unpaired) electrons. The zero-order valence-electron chi connectivity index (χ0n) is 14.2. The number of nitrogens with one attached hydrogen (secondary N) is 1. The molecule has 1 N–H and O–H groups in total. The normalized spacial score (nSPS) is 18.5. The first-order valence-corrected chi connectivity index (χ1v) is 8.07. The van der Waals surface area contributed by atoms with Crippen LogP contribution in [0.3, 0.4) is 0 Å². The number of hydrogen-bond acceptors (Lipinski definition) is 5. The molecule has 6 nitrogen and oxygen atoms in total. The average molecular weight is 318 g/mol. The molecule has 0 spiro atoms. The second-order valence-corrected chi connectivity index (χ2v) is 6.17. The SMILES string of the molecule is CC(C)=CC(=O)NCC[C@@H]1CN(Cc2cnc(C)nc2)CCO1. The molecule has 0 aliphatic carbocycles. The fraction of sp³-hybridized carbons (Fsp3) is 0.588. The molecule has 0 saturated carbocycles. The minimum atomic E-state index is -0.0329. The maximum Gasteiger partial charge on any atom is 0.243 e. The smallest absolute Gasteiger partial charge is 0.243 e. The first kappa shape index (κ1) is 17.6. The molecule has 2 heterocycles. The van der Waals surface area contributed by atoms with E-state index in [4.69, 9.17) is 4.74 Å². The van der Waals surface area contributed by atoms with E-state index in [0.717, 1.165) is 49.6 Å². The summed E-state index contributed by atoms with van der Waals surface area (Å²) in [6.45, 7) is 9.68. The summed E-state index contributed by atoms with van der Waals surface area (Å²) in [6.07, 6.45) is 6.36. The number of carbonyl (C=O) groups is 1. The maximum absolute atomic E-state index is 11.6. The van der Waals surface area contributed by atoms with Gasteiger partial charge in [0.2, 0.25) is 5.91 Å². The largest absolute Gasteiger partial charge is 0.375 e. The van der Waals surface area contributed by atoms with E-state index in [1.807, 2.05) is 33.2 Å². The number of aryl methyl sites for hydroxylation is 1. The Morgan fingerprint density at radius 2 is 2.17 bits per heavy atom. The highest BCUT2D eigenvalue weighted by Crippen LogP contribution is 2.11. The summed E-state index contributed by atoms with van der Waals surface area (Å²) in [7, 11) is 0. The van der Waals surface area contributed by atoms with Crippen LogP contribution in [0.25, 0.3) is 0 Å². The summed E-state index contributed by atoms with van der Waals surface area (Å²) in [5.41, 5.74) is 2.12. The number of morpholine rings is 1. The van der Waals surface area contributed by atoms with Crippen molar-refractivity contribution in [3.05, 3.63) is 35.4 Å². The van der Waals surface area contributed by atoms with Crippen LogP contribution in [-0.4, -0.2) is 53.1 Å². The Balaban J connectivity index is 1.74. The van der Waals surface area contributed by atoms with Crippen LogP contribution in [-0.2, 0) is 16.1 Å². The molecule has 1 amide bonds. The van der Waals surface area contributed by atoms with Gasteiger partial charge in [-0.3, -0.25) is 9.69 Å². The van der Waals surface area contributed by atoms with Crippen LogP contribution >= 0.6 is 0 Å². The third-order valence-electron chi connectivity index (χ3n) is 3.65. The number of hydrogen-bond donors (Lipinski definition) is 1. The number of aromatic nitrogens is 2. The van der Waals surface area contributed by atoms with Gasteiger partial charge in [0.15, 0.2) is 0 Å². The number of allylic oxidation sites excluding steroid dienone is 1. The monoisotopic (exact) mass is 318 g/mol. The van der Waals surface area contributed by atoms with Gasteiger partial charge in [0.25, 0.3) is 0 Å². The van der Waals surface area contributed by atoms with Crippen LogP contribution < -0.4 is 5.32 Å². The summed E-state index contributed by atoms with van der Waals surface area (Å²) in [5.74, 6) is 0.759. The van der Waals surface area contributed by atoms with Crippen molar-refractivity contribution in [3.8, 4) is 0 Å². The summed E-state index contributed by atoms with van der Waals surface area (Å²) in [5, 5.41) is 2.90. The van der Waals surface area contributed by atoms with E-state index in [2.05, 4.69) is 20.2 Å². The summed E-state index contributed by atoms with van der Waals surface area (Å²) >= 11 is 0. The van der Waals surface area contributed by atoms with Crippen molar-refractivity contribution in [2.75, 3.05) is 26.2 Å². The van der Waals surface area contributed by atoms with Gasteiger partial charge in [-0.15, -0.1) is 0 Å². The van der Waals surface area contributed by atoms with Crippen LogP contribution in [0.2, 0.25) is 0 Å². The van der Waals surface area contributed by atoms with E-state index in [9.17, 15) is 4.79 Å². The molecule has 1 aliphatic heterocycles. The van der Waals surface area contributed by atoms with Gasteiger partial charge in [-0.05, 0) is 27.2 Å². The summed E-state index contributed by atoms with van der Waals surface area (Å²) < 4.78 is 5.79. The number of rotatable bonds is 6. The fourth-order valence-electron chi connectivity index (χ4n) is 2.53. The van der Waals surface area contributed by atoms with Gasteiger partial charge in [-0.1, -0.05) is 5.57 Å². The summed E-state index contributed by atoms with van der Waals surface area (Å²) in [6, 6.07) is 0. The van der Waals surface area contributed by atoms with Gasteiger partial charge in [0, 0.05) is 50.2 Å². The van der Waals surface area contributed by atoms with Gasteiger partial charge in [-0.2, -0.15) is 0 Å². The molecule has 1 aliphatic rings. The van der Waals surface area contributed by atoms with Gasteiger partial charge >= 0.3 is 0 Å². The van der Waals surface area contributed by atoms with Crippen molar-refractivity contribution in [3.63, 3.8) is 0 Å². The Labute approximate surface area is 138 Å². The van der Waals surface area contributed by atoms with E-state index in [1.54, 1.807) is 6.08 Å². The Hall–Kier alpha value is -1.79. The number of carbonyl (C=O) groups excluding carboxylic acids is 1. The van der Waals surface area contributed by atoms with Crippen LogP contribution in [0, 0.1) is 6.92 Å². The standard InChI is InChI=1S/C17H26N4O2/c1-13(2)8-17(22)18-5-4-16-12-21(6-7-23-16)11-15-9-19-14(3)20-10-15/h8-10,16H,4-7,11-12H2,1-3H3,(H,18,22)/t16-/m1/s1. The van der Waals surface area contributed by atoms with Gasteiger partial charge < -0.3 is 10.1 Å². The third-order valence-corrected chi connectivity index (χ3v) is 3.65. The second kappa shape index (κ2) is 8.74. The zero-order chi connectivity index (χ0) is 16.7. The minimum Gasteiger partial charge on any atom is -0.375 e. The molecule has 126 valence electrons. The molecule has 1 aromatic heterocycles. The Bertz CT molecular complexity index is 538. The molecular weight excluding hydrogens is 292 g/mol. The minimum absolute atomic E-state index is 0.0329. The van der Waals surface area contributed by atoms with E-state index < -0.39 is 0 Å². The molecule has 0 bridgehead atoms. The lowest BCUT2D eigenvalue weighted by atomic mass is 10.2. The predicted octanol–water partition coefficient (Wildman–Crippen LogP) is 1.46. The van der Waals surface area contributed by atoms with E-state index in [0.29, 0.717) is 6.54 Å². The van der Waals surface area contributed by atoms with Crippen LogP contribution in [0.4, 0.5) is 0 Å². The van der Waals surface area contributed by atoms with Crippen LogP contribution in [0.5, 0.6) is 0 Å². The van der Waals surface area contributed by atoms with Crippen LogP contribution in [0.15, 0.2) is 24.0 Å². The van der Waals surface area contributed by atoms with Crippen molar-refractivity contribution in [1.82, 2.24) is 20.2 Å². The lowest BCUT2D eigenvalue weighted by Crippen LogP contribution is -2.43. The second-order valence-electron chi connectivity index (χ2n) is 6.17. The van der Waals surface area contributed by atoms with E-state index in [-0.39, 0.29) is 12.0 Å². The Morgan fingerprint density at radius 3 is 2.87 bits per heavy atom. The maximum atomic E-state index is 11.6. The molecule has 1 saturated heterocycles. The first-order valence-electron chi connectivity index (χ1n) is 8.07. The number of amides is 1. The quantitative estimate of drug-likeness (QED) is 0.804. The highest BCUT2D eigenvalue weighted by atomic mass is 16.5. The molecular formula is C17H26N4O2. The molecule has 1 fully saturated rings. The zero-order valence-corrected chi connectivity index (χ0v) is 14.2. The molecule has 0 unspecified atom stereocenters. The molecule has 0 aromatic carbocycles. The molecule has 1 atom stereocenters. The molecule has 6 heteroatoms.